The van der Waals surface area contributed by atoms with Crippen molar-refractivity contribution in [2.24, 2.45) is 5.92 Å². The summed E-state index contributed by atoms with van der Waals surface area (Å²) in [5.74, 6) is -0.359. The van der Waals surface area contributed by atoms with Crippen LogP contribution in [0.15, 0.2) is 0 Å². The highest BCUT2D eigenvalue weighted by Crippen LogP contribution is 1.97. The van der Waals surface area contributed by atoms with Crippen LogP contribution in [0.25, 0.3) is 0 Å². The second kappa shape index (κ2) is 9.33. The van der Waals surface area contributed by atoms with E-state index < -0.39 is 11.9 Å². The maximum atomic E-state index is 11.2. The number of carbonyl (C=O) groups is 2. The molecule has 1 unspecified atom stereocenters. The van der Waals surface area contributed by atoms with Crippen LogP contribution in [0.1, 0.15) is 19.8 Å². The van der Waals surface area contributed by atoms with Gasteiger partial charge < -0.3 is 15.7 Å². The summed E-state index contributed by atoms with van der Waals surface area (Å²) in [7, 11) is 0. The van der Waals surface area contributed by atoms with Gasteiger partial charge in [0.25, 0.3) is 0 Å². The molecule has 0 aromatic heterocycles. The highest BCUT2D eigenvalue weighted by atomic mass is 32.2. The third-order valence-corrected chi connectivity index (χ3v) is 2.75. The van der Waals surface area contributed by atoms with E-state index in [0.29, 0.717) is 6.54 Å². The van der Waals surface area contributed by atoms with Crippen molar-refractivity contribution >= 4 is 23.8 Å². The molecule has 0 spiro atoms. The Morgan fingerprint density at radius 3 is 2.56 bits per heavy atom. The van der Waals surface area contributed by atoms with Crippen molar-refractivity contribution in [1.29, 1.82) is 0 Å². The molecule has 0 aliphatic carbocycles. The first-order valence-corrected chi connectivity index (χ1v) is 6.70. The molecular formula is C10H20N2O3S. The van der Waals surface area contributed by atoms with Gasteiger partial charge in [-0.3, -0.25) is 4.79 Å². The predicted molar refractivity (Wildman–Crippen MR) is 65.8 cm³/mol. The fourth-order valence-corrected chi connectivity index (χ4v) is 1.46. The average molecular weight is 248 g/mol. The summed E-state index contributed by atoms with van der Waals surface area (Å²) in [6.45, 7) is 2.35. The minimum absolute atomic E-state index is 0.159. The van der Waals surface area contributed by atoms with Crippen LogP contribution in [0.5, 0.6) is 0 Å². The average Bonchev–Trinajstić information content (AvgIpc) is 2.25. The number of thioether (sulfide) groups is 1. The van der Waals surface area contributed by atoms with Gasteiger partial charge in [0, 0.05) is 13.1 Å². The van der Waals surface area contributed by atoms with Crippen LogP contribution < -0.4 is 10.6 Å². The first kappa shape index (κ1) is 15.1. The third-order valence-electron chi connectivity index (χ3n) is 2.05. The topological polar surface area (TPSA) is 78.4 Å². The van der Waals surface area contributed by atoms with E-state index in [1.165, 1.54) is 0 Å². The van der Waals surface area contributed by atoms with Crippen LogP contribution >= 0.6 is 11.8 Å². The maximum Gasteiger partial charge on any atom is 0.314 e. The quantitative estimate of drug-likeness (QED) is 0.563. The lowest BCUT2D eigenvalue weighted by Gasteiger charge is -2.09. The number of hydrogen-bond acceptors (Lipinski definition) is 3. The molecule has 0 aliphatic heterocycles. The Labute approximate surface area is 100 Å². The normalized spacial score (nSPS) is 11.9. The van der Waals surface area contributed by atoms with Crippen molar-refractivity contribution < 1.29 is 14.7 Å². The van der Waals surface area contributed by atoms with E-state index in [1.54, 1.807) is 18.7 Å². The van der Waals surface area contributed by atoms with E-state index in [1.807, 2.05) is 6.26 Å². The van der Waals surface area contributed by atoms with Gasteiger partial charge in [0.15, 0.2) is 0 Å². The lowest BCUT2D eigenvalue weighted by molar-refractivity contribution is -0.140. The van der Waals surface area contributed by atoms with Gasteiger partial charge in [0.1, 0.15) is 0 Å². The van der Waals surface area contributed by atoms with Crippen LogP contribution in [0.3, 0.4) is 0 Å². The van der Waals surface area contributed by atoms with Gasteiger partial charge in [-0.15, -0.1) is 0 Å². The van der Waals surface area contributed by atoms with Crippen molar-refractivity contribution in [3.63, 3.8) is 0 Å². The van der Waals surface area contributed by atoms with Gasteiger partial charge in [-0.1, -0.05) is 6.92 Å². The minimum Gasteiger partial charge on any atom is -0.481 e. The summed E-state index contributed by atoms with van der Waals surface area (Å²) in [6.07, 6.45) is 4.07. The molecule has 0 aromatic rings. The number of aliphatic carboxylic acids is 1. The molecule has 0 saturated heterocycles. The van der Waals surface area contributed by atoms with Crippen molar-refractivity contribution in [3.05, 3.63) is 0 Å². The largest absolute Gasteiger partial charge is 0.481 e. The Morgan fingerprint density at radius 2 is 2.00 bits per heavy atom. The maximum absolute atomic E-state index is 11.2. The SMILES string of the molecule is CSCCCCNC(=O)NCC(C)C(=O)O. The van der Waals surface area contributed by atoms with Gasteiger partial charge in [-0.2, -0.15) is 11.8 Å². The lowest BCUT2D eigenvalue weighted by Crippen LogP contribution is -2.39. The molecule has 0 bridgehead atoms. The number of nitrogens with one attached hydrogen (secondary N) is 2. The van der Waals surface area contributed by atoms with Gasteiger partial charge in [0.2, 0.25) is 0 Å². The minimum atomic E-state index is -0.903. The van der Waals surface area contributed by atoms with Crippen molar-refractivity contribution in [2.75, 3.05) is 25.1 Å². The number of amides is 2. The molecule has 0 aromatic carbocycles. The molecule has 6 heteroatoms. The van der Waals surface area contributed by atoms with Crippen LogP contribution in [0.2, 0.25) is 0 Å². The number of hydrogen-bond donors (Lipinski definition) is 3. The zero-order valence-electron chi connectivity index (χ0n) is 9.78. The number of carboxylic acids is 1. The van der Waals surface area contributed by atoms with Crippen LogP contribution in [0.4, 0.5) is 4.79 Å². The molecule has 0 radical (unpaired) electrons. The Kier molecular flexibility index (Phi) is 8.80. The van der Waals surface area contributed by atoms with Crippen LogP contribution in [-0.2, 0) is 4.79 Å². The molecule has 0 fully saturated rings. The summed E-state index contributed by atoms with van der Waals surface area (Å²) in [5.41, 5.74) is 0. The van der Waals surface area contributed by atoms with E-state index >= 15 is 0 Å². The van der Waals surface area contributed by atoms with E-state index in [0.717, 1.165) is 18.6 Å². The Bertz CT molecular complexity index is 224. The lowest BCUT2D eigenvalue weighted by atomic mass is 10.2. The standard InChI is InChI=1S/C10H20N2O3S/c1-8(9(13)14)7-12-10(15)11-5-3-4-6-16-2/h8H,3-7H2,1-2H3,(H,13,14)(H2,11,12,15). The molecule has 1 atom stereocenters. The smallest absolute Gasteiger partial charge is 0.314 e. The first-order valence-electron chi connectivity index (χ1n) is 5.31. The Hall–Kier alpha value is -0.910. The summed E-state index contributed by atoms with van der Waals surface area (Å²) < 4.78 is 0. The molecule has 5 nitrogen and oxygen atoms in total. The van der Waals surface area contributed by atoms with Gasteiger partial charge >= 0.3 is 12.0 Å². The summed E-state index contributed by atoms with van der Waals surface area (Å²) in [4.78, 5) is 21.7. The van der Waals surface area contributed by atoms with E-state index in [9.17, 15) is 9.59 Å². The first-order chi connectivity index (χ1) is 7.57. The molecule has 16 heavy (non-hydrogen) atoms. The Morgan fingerprint density at radius 1 is 1.31 bits per heavy atom. The number of carbonyl (C=O) groups excluding carboxylic acids is 1. The molecule has 0 aliphatic rings. The van der Waals surface area contributed by atoms with Crippen LogP contribution in [-0.4, -0.2) is 42.2 Å². The highest BCUT2D eigenvalue weighted by molar-refractivity contribution is 7.98. The van der Waals surface area contributed by atoms with Gasteiger partial charge in [-0.05, 0) is 24.9 Å². The van der Waals surface area contributed by atoms with Crippen LogP contribution in [0, 0.1) is 5.92 Å². The zero-order valence-corrected chi connectivity index (χ0v) is 10.6. The monoisotopic (exact) mass is 248 g/mol. The highest BCUT2D eigenvalue weighted by Gasteiger charge is 2.11. The molecule has 2 amide bonds. The van der Waals surface area contributed by atoms with E-state index in [4.69, 9.17) is 5.11 Å². The van der Waals surface area contributed by atoms with Gasteiger partial charge in [-0.25, -0.2) is 4.79 Å². The number of carboxylic acid groups (broad SMARTS) is 1. The number of rotatable bonds is 8. The summed E-state index contributed by atoms with van der Waals surface area (Å²) in [5, 5.41) is 13.8. The Balaban J connectivity index is 3.41. The molecule has 0 heterocycles. The van der Waals surface area contributed by atoms with E-state index in [2.05, 4.69) is 10.6 Å². The summed E-state index contributed by atoms with van der Waals surface area (Å²) in [6, 6.07) is -0.294. The summed E-state index contributed by atoms with van der Waals surface area (Å²) >= 11 is 1.78. The second-order valence-corrected chi connectivity index (χ2v) is 4.56. The van der Waals surface area contributed by atoms with Crippen molar-refractivity contribution in [1.82, 2.24) is 10.6 Å². The molecule has 0 saturated carbocycles. The molecule has 94 valence electrons. The molecule has 3 N–H and O–H groups in total. The fraction of sp³-hybridized carbons (Fsp3) is 0.800. The van der Waals surface area contributed by atoms with Crippen molar-refractivity contribution in [2.45, 2.75) is 19.8 Å². The second-order valence-electron chi connectivity index (χ2n) is 3.58. The van der Waals surface area contributed by atoms with Crippen molar-refractivity contribution in [3.8, 4) is 0 Å². The zero-order chi connectivity index (χ0) is 12.4. The molecular weight excluding hydrogens is 228 g/mol. The number of unbranched alkanes of at least 4 members (excludes halogenated alkanes) is 1. The third kappa shape index (κ3) is 8.40. The predicted octanol–water partition coefficient (Wildman–Crippen LogP) is 1.15. The van der Waals surface area contributed by atoms with Gasteiger partial charge in [0.05, 0.1) is 5.92 Å². The van der Waals surface area contributed by atoms with E-state index in [-0.39, 0.29) is 12.6 Å². The fourth-order valence-electron chi connectivity index (χ4n) is 0.969. The molecule has 0 rings (SSSR count). The number of urea groups is 1.